The molecule has 128 valence electrons. The fourth-order valence-electron chi connectivity index (χ4n) is 2.92. The molecule has 0 atom stereocenters. The van der Waals surface area contributed by atoms with Crippen molar-refractivity contribution in [1.82, 2.24) is 9.88 Å². The Kier molecular flexibility index (Phi) is 5.19. The van der Waals surface area contributed by atoms with Crippen molar-refractivity contribution in [2.24, 2.45) is 0 Å². The number of hydrogen-bond donors (Lipinski definition) is 2. The van der Waals surface area contributed by atoms with Crippen LogP contribution < -0.4 is 5.32 Å². The van der Waals surface area contributed by atoms with E-state index in [9.17, 15) is 9.90 Å². The first kappa shape index (κ1) is 16.8. The maximum Gasteiger partial charge on any atom is 0.244 e. The monoisotopic (exact) mass is 334 g/mol. The van der Waals surface area contributed by atoms with E-state index in [2.05, 4.69) is 35.1 Å². The van der Waals surface area contributed by atoms with E-state index in [1.54, 1.807) is 30.3 Å². The molecule has 1 heterocycles. The Hall–Kier alpha value is -3.01. The number of hydrogen-bond acceptors (Lipinski definition) is 2. The van der Waals surface area contributed by atoms with Gasteiger partial charge in [-0.1, -0.05) is 30.3 Å². The van der Waals surface area contributed by atoms with Gasteiger partial charge in [0.25, 0.3) is 0 Å². The maximum absolute atomic E-state index is 11.9. The van der Waals surface area contributed by atoms with Crippen LogP contribution in [0.25, 0.3) is 17.0 Å². The second kappa shape index (κ2) is 7.71. The second-order valence-corrected chi connectivity index (χ2v) is 5.92. The summed E-state index contributed by atoms with van der Waals surface area (Å²) < 4.78 is 2.23. The highest BCUT2D eigenvalue weighted by Crippen LogP contribution is 2.21. The number of para-hydroxylation sites is 1. The zero-order valence-electron chi connectivity index (χ0n) is 14.3. The molecule has 0 aliphatic heterocycles. The summed E-state index contributed by atoms with van der Waals surface area (Å²) in [5.41, 5.74) is 3.36. The molecule has 2 N–H and O–H groups in total. The number of benzene rings is 2. The van der Waals surface area contributed by atoms with Gasteiger partial charge in [-0.25, -0.2) is 0 Å². The average molecular weight is 334 g/mol. The molecule has 0 saturated heterocycles. The molecular formula is C21H22N2O2. The van der Waals surface area contributed by atoms with E-state index in [-0.39, 0.29) is 11.7 Å². The summed E-state index contributed by atoms with van der Waals surface area (Å²) in [7, 11) is 0. The minimum absolute atomic E-state index is 0.118. The van der Waals surface area contributed by atoms with E-state index in [1.165, 1.54) is 22.5 Å². The molecule has 0 unspecified atom stereocenters. The summed E-state index contributed by atoms with van der Waals surface area (Å²) >= 11 is 0. The number of carbonyl (C=O) groups excluding carboxylic acids is 1. The lowest BCUT2D eigenvalue weighted by Crippen LogP contribution is -2.23. The van der Waals surface area contributed by atoms with Crippen molar-refractivity contribution in [3.63, 3.8) is 0 Å². The third kappa shape index (κ3) is 4.10. The summed E-state index contributed by atoms with van der Waals surface area (Å²) in [6.45, 7) is 3.66. The highest BCUT2D eigenvalue weighted by Gasteiger charge is 2.07. The molecule has 4 heteroatoms. The Morgan fingerprint density at radius 1 is 1.16 bits per heavy atom. The van der Waals surface area contributed by atoms with Gasteiger partial charge in [-0.2, -0.15) is 0 Å². The topological polar surface area (TPSA) is 54.3 Å². The summed E-state index contributed by atoms with van der Waals surface area (Å²) in [6.07, 6.45) is 6.22. The van der Waals surface area contributed by atoms with E-state index < -0.39 is 0 Å². The normalized spacial score (nSPS) is 11.2. The van der Waals surface area contributed by atoms with Gasteiger partial charge >= 0.3 is 0 Å². The van der Waals surface area contributed by atoms with E-state index in [1.807, 2.05) is 12.1 Å². The van der Waals surface area contributed by atoms with Crippen LogP contribution in [0.2, 0.25) is 0 Å². The first-order valence-corrected chi connectivity index (χ1v) is 8.49. The van der Waals surface area contributed by atoms with Crippen LogP contribution in [-0.4, -0.2) is 22.1 Å². The quantitative estimate of drug-likeness (QED) is 0.675. The van der Waals surface area contributed by atoms with E-state index in [0.29, 0.717) is 6.54 Å². The lowest BCUT2D eigenvalue weighted by Gasteiger charge is -2.02. The number of aromatic hydroxyl groups is 1. The summed E-state index contributed by atoms with van der Waals surface area (Å²) in [5.74, 6) is 0.0974. The third-order valence-corrected chi connectivity index (χ3v) is 4.23. The second-order valence-electron chi connectivity index (χ2n) is 5.92. The zero-order chi connectivity index (χ0) is 17.6. The van der Waals surface area contributed by atoms with Crippen LogP contribution in [0, 0.1) is 0 Å². The van der Waals surface area contributed by atoms with Crippen LogP contribution in [0.5, 0.6) is 5.75 Å². The van der Waals surface area contributed by atoms with E-state index >= 15 is 0 Å². The van der Waals surface area contributed by atoms with Crippen molar-refractivity contribution in [3.8, 4) is 5.75 Å². The molecule has 4 nitrogen and oxygen atoms in total. The largest absolute Gasteiger partial charge is 0.508 e. The number of fused-ring (bicyclic) bond motifs is 1. The van der Waals surface area contributed by atoms with Gasteiger partial charge in [0.1, 0.15) is 5.75 Å². The molecule has 1 aromatic heterocycles. The van der Waals surface area contributed by atoms with Gasteiger partial charge in [0.15, 0.2) is 0 Å². The fraction of sp³-hybridized carbons (Fsp3) is 0.190. The summed E-state index contributed by atoms with van der Waals surface area (Å²) in [4.78, 5) is 11.9. The molecule has 0 bridgehead atoms. The third-order valence-electron chi connectivity index (χ3n) is 4.23. The van der Waals surface area contributed by atoms with Gasteiger partial charge in [0.2, 0.25) is 5.91 Å². The zero-order valence-corrected chi connectivity index (χ0v) is 14.3. The van der Waals surface area contributed by atoms with Gasteiger partial charge in [-0.05, 0) is 48.7 Å². The number of nitrogens with one attached hydrogen (secondary N) is 1. The van der Waals surface area contributed by atoms with Crippen molar-refractivity contribution in [3.05, 3.63) is 71.9 Å². The van der Waals surface area contributed by atoms with Crippen LogP contribution in [0.15, 0.2) is 60.8 Å². The lowest BCUT2D eigenvalue weighted by molar-refractivity contribution is -0.116. The predicted molar refractivity (Wildman–Crippen MR) is 101 cm³/mol. The molecule has 3 aromatic rings. The Balaban J connectivity index is 1.57. The Morgan fingerprint density at radius 2 is 1.92 bits per heavy atom. The number of rotatable bonds is 6. The summed E-state index contributed by atoms with van der Waals surface area (Å²) in [6, 6.07) is 15.1. The first-order chi connectivity index (χ1) is 12.2. The minimum atomic E-state index is -0.118. The SMILES string of the molecule is CCn1cc(CCNC(=O)/C=C/c2ccc(O)cc2)c2ccccc21. The van der Waals surface area contributed by atoms with Crippen molar-refractivity contribution in [2.75, 3.05) is 6.54 Å². The number of amides is 1. The predicted octanol–water partition coefficient (Wildman–Crippen LogP) is 3.74. The number of phenols is 1. The Morgan fingerprint density at radius 3 is 2.68 bits per heavy atom. The molecule has 25 heavy (non-hydrogen) atoms. The molecular weight excluding hydrogens is 312 g/mol. The molecule has 0 aliphatic carbocycles. The van der Waals surface area contributed by atoms with Crippen molar-refractivity contribution in [2.45, 2.75) is 19.9 Å². The van der Waals surface area contributed by atoms with Gasteiger partial charge in [-0.15, -0.1) is 0 Å². The van der Waals surface area contributed by atoms with Gasteiger partial charge in [0, 0.05) is 36.3 Å². The van der Waals surface area contributed by atoms with Gasteiger partial charge in [-0.3, -0.25) is 4.79 Å². The van der Waals surface area contributed by atoms with Crippen LogP contribution in [0.4, 0.5) is 0 Å². The number of aryl methyl sites for hydroxylation is 1. The highest BCUT2D eigenvalue weighted by atomic mass is 16.3. The standard InChI is InChI=1S/C21H22N2O2/c1-2-23-15-17(19-5-3-4-6-20(19)23)13-14-22-21(25)12-9-16-7-10-18(24)11-8-16/h3-12,15,24H,2,13-14H2,1H3,(H,22,25)/b12-9+. The fourth-order valence-corrected chi connectivity index (χ4v) is 2.92. The highest BCUT2D eigenvalue weighted by molar-refractivity contribution is 5.91. The molecule has 0 fully saturated rings. The van der Waals surface area contributed by atoms with Crippen LogP contribution >= 0.6 is 0 Å². The average Bonchev–Trinajstić information content (AvgIpc) is 2.99. The van der Waals surface area contributed by atoms with Gasteiger partial charge < -0.3 is 15.0 Å². The molecule has 0 aliphatic rings. The van der Waals surface area contributed by atoms with Gasteiger partial charge in [0.05, 0.1) is 0 Å². The summed E-state index contributed by atoms with van der Waals surface area (Å²) in [5, 5.41) is 13.4. The molecule has 0 radical (unpaired) electrons. The number of aromatic nitrogens is 1. The Labute approximate surface area is 147 Å². The molecule has 0 saturated carbocycles. The molecule has 2 aromatic carbocycles. The van der Waals surface area contributed by atoms with Crippen molar-refractivity contribution < 1.29 is 9.90 Å². The van der Waals surface area contributed by atoms with Crippen LogP contribution in [0.1, 0.15) is 18.1 Å². The smallest absolute Gasteiger partial charge is 0.244 e. The molecule has 1 amide bonds. The Bertz CT molecular complexity index is 892. The number of carbonyl (C=O) groups is 1. The molecule has 0 spiro atoms. The first-order valence-electron chi connectivity index (χ1n) is 8.49. The minimum Gasteiger partial charge on any atom is -0.508 e. The van der Waals surface area contributed by atoms with Crippen LogP contribution in [0.3, 0.4) is 0 Å². The van der Waals surface area contributed by atoms with E-state index in [4.69, 9.17) is 0 Å². The number of nitrogens with zero attached hydrogens (tertiary/aromatic N) is 1. The maximum atomic E-state index is 11.9. The van der Waals surface area contributed by atoms with Crippen LogP contribution in [-0.2, 0) is 17.8 Å². The van der Waals surface area contributed by atoms with E-state index in [0.717, 1.165) is 18.5 Å². The lowest BCUT2D eigenvalue weighted by atomic mass is 10.1. The van der Waals surface area contributed by atoms with Crippen molar-refractivity contribution >= 4 is 22.9 Å². The van der Waals surface area contributed by atoms with Crippen molar-refractivity contribution in [1.29, 1.82) is 0 Å². The number of phenolic OH excluding ortho intramolecular Hbond substituents is 1. The molecule has 3 rings (SSSR count).